The van der Waals surface area contributed by atoms with Gasteiger partial charge in [-0.05, 0) is 5.56 Å². The number of hydrogen-bond donors (Lipinski definition) is 0. The van der Waals surface area contributed by atoms with Crippen molar-refractivity contribution < 1.29 is 33.3 Å². The molecular weight excluding hydrogens is 330 g/mol. The number of carbonyl (C=O) groups is 3. The maximum atomic E-state index is 12.4. The van der Waals surface area contributed by atoms with Crippen LogP contribution in [0.2, 0.25) is 0 Å². The molecule has 1 aromatic carbocycles. The van der Waals surface area contributed by atoms with Crippen molar-refractivity contribution in [2.45, 2.75) is 38.9 Å². The maximum Gasteiger partial charge on any atom is 0.412 e. The summed E-state index contributed by atoms with van der Waals surface area (Å²) in [5, 5.41) is 0. The zero-order chi connectivity index (χ0) is 18.4. The van der Waals surface area contributed by atoms with Crippen LogP contribution in [0.1, 0.15) is 19.4 Å². The fourth-order valence-electron chi connectivity index (χ4n) is 2.65. The molecule has 1 aliphatic rings. The first-order chi connectivity index (χ1) is 11.9. The molecule has 1 aromatic rings. The number of benzene rings is 1. The molecule has 0 radical (unpaired) electrons. The number of likely N-dealkylation sites (tertiary alicyclic amines) is 1. The summed E-state index contributed by atoms with van der Waals surface area (Å²) >= 11 is 0. The molecule has 1 saturated heterocycles. The Hall–Kier alpha value is -2.61. The van der Waals surface area contributed by atoms with Crippen LogP contribution in [-0.4, -0.2) is 55.0 Å². The quantitative estimate of drug-likeness (QED) is 0.586. The highest BCUT2D eigenvalue weighted by Gasteiger charge is 2.49. The van der Waals surface area contributed by atoms with Gasteiger partial charge in [-0.15, -0.1) is 0 Å². The molecule has 3 atom stereocenters. The molecule has 0 bridgehead atoms. The molecule has 25 heavy (non-hydrogen) atoms. The summed E-state index contributed by atoms with van der Waals surface area (Å²) < 4.78 is 20.9. The summed E-state index contributed by atoms with van der Waals surface area (Å²) in [6.45, 7) is 2.56. The summed E-state index contributed by atoms with van der Waals surface area (Å²) in [5.41, 5.74) is 0.831. The average molecular weight is 351 g/mol. The minimum Gasteiger partial charge on any atom is -0.456 e. The number of esters is 2. The summed E-state index contributed by atoms with van der Waals surface area (Å²) in [7, 11) is 1.37. The van der Waals surface area contributed by atoms with Gasteiger partial charge in [0.25, 0.3) is 0 Å². The Morgan fingerprint density at radius 2 is 1.72 bits per heavy atom. The van der Waals surface area contributed by atoms with Crippen LogP contribution in [0.25, 0.3) is 0 Å². The Labute approximate surface area is 145 Å². The van der Waals surface area contributed by atoms with Crippen molar-refractivity contribution >= 4 is 18.0 Å². The molecule has 0 saturated carbocycles. The highest BCUT2D eigenvalue weighted by atomic mass is 16.6. The molecule has 0 unspecified atom stereocenters. The standard InChI is InChI=1S/C17H21NO7/c1-11(19)24-14-9-18(16(22-3)15(14)25-12(2)20)17(21)23-10-13-7-5-4-6-8-13/h4-8,14-16H,9-10H2,1-3H3/t14-,15-,16+/m0/s1. The van der Waals surface area contributed by atoms with E-state index in [-0.39, 0.29) is 13.2 Å². The molecule has 0 aliphatic carbocycles. The van der Waals surface area contributed by atoms with Crippen molar-refractivity contribution in [3.8, 4) is 0 Å². The lowest BCUT2D eigenvalue weighted by molar-refractivity contribution is -0.170. The Morgan fingerprint density at radius 3 is 2.28 bits per heavy atom. The average Bonchev–Trinajstić information content (AvgIpc) is 2.90. The predicted molar refractivity (Wildman–Crippen MR) is 85.2 cm³/mol. The van der Waals surface area contributed by atoms with Crippen LogP contribution in [0, 0.1) is 0 Å². The number of hydrogen-bond acceptors (Lipinski definition) is 7. The molecule has 8 heteroatoms. The van der Waals surface area contributed by atoms with E-state index in [2.05, 4.69) is 0 Å². The molecule has 1 amide bonds. The molecule has 1 heterocycles. The normalized spacial score (nSPS) is 22.4. The van der Waals surface area contributed by atoms with Crippen molar-refractivity contribution in [3.05, 3.63) is 35.9 Å². The van der Waals surface area contributed by atoms with Gasteiger partial charge >= 0.3 is 18.0 Å². The van der Waals surface area contributed by atoms with Crippen molar-refractivity contribution in [2.24, 2.45) is 0 Å². The minimum absolute atomic E-state index is 0.00363. The van der Waals surface area contributed by atoms with Gasteiger partial charge in [0.1, 0.15) is 6.61 Å². The second-order valence-corrected chi connectivity index (χ2v) is 5.54. The van der Waals surface area contributed by atoms with Crippen LogP contribution < -0.4 is 0 Å². The number of rotatable bonds is 5. The van der Waals surface area contributed by atoms with Gasteiger partial charge in [-0.1, -0.05) is 30.3 Å². The van der Waals surface area contributed by atoms with E-state index in [0.717, 1.165) is 5.56 Å². The van der Waals surface area contributed by atoms with E-state index in [9.17, 15) is 14.4 Å². The van der Waals surface area contributed by atoms with Crippen LogP contribution in [0.15, 0.2) is 30.3 Å². The Balaban J connectivity index is 2.08. The fraction of sp³-hybridized carbons (Fsp3) is 0.471. The minimum atomic E-state index is -0.921. The van der Waals surface area contributed by atoms with E-state index in [1.54, 1.807) is 0 Å². The third kappa shape index (κ3) is 4.93. The van der Waals surface area contributed by atoms with Gasteiger partial charge < -0.3 is 18.9 Å². The van der Waals surface area contributed by atoms with E-state index in [4.69, 9.17) is 18.9 Å². The lowest BCUT2D eigenvalue weighted by atomic mass is 10.2. The Kier molecular flexibility index (Phi) is 6.35. The van der Waals surface area contributed by atoms with Gasteiger partial charge in [-0.3, -0.25) is 14.5 Å². The lowest BCUT2D eigenvalue weighted by Crippen LogP contribution is -2.43. The zero-order valence-corrected chi connectivity index (χ0v) is 14.3. The van der Waals surface area contributed by atoms with E-state index in [0.29, 0.717) is 0 Å². The van der Waals surface area contributed by atoms with Gasteiger partial charge in [0.15, 0.2) is 18.4 Å². The third-order valence-corrected chi connectivity index (χ3v) is 3.63. The lowest BCUT2D eigenvalue weighted by Gasteiger charge is -2.25. The third-order valence-electron chi connectivity index (χ3n) is 3.63. The highest BCUT2D eigenvalue weighted by Crippen LogP contribution is 2.26. The topological polar surface area (TPSA) is 91.4 Å². The second-order valence-electron chi connectivity index (χ2n) is 5.54. The number of nitrogens with zero attached hydrogens (tertiary/aromatic N) is 1. The molecule has 0 aromatic heterocycles. The van der Waals surface area contributed by atoms with E-state index in [1.165, 1.54) is 25.9 Å². The van der Waals surface area contributed by atoms with Crippen LogP contribution in [0.5, 0.6) is 0 Å². The molecule has 1 aliphatic heterocycles. The number of amides is 1. The second kappa shape index (κ2) is 8.48. The van der Waals surface area contributed by atoms with Gasteiger partial charge in [-0.25, -0.2) is 4.79 Å². The zero-order valence-electron chi connectivity index (χ0n) is 14.3. The van der Waals surface area contributed by atoms with Crippen molar-refractivity contribution in [3.63, 3.8) is 0 Å². The SMILES string of the molecule is CO[C@@H]1[C@@H](OC(C)=O)[C@@H](OC(C)=O)CN1C(=O)OCc1ccccc1. The molecule has 8 nitrogen and oxygen atoms in total. The maximum absolute atomic E-state index is 12.4. The molecular formula is C17H21NO7. The van der Waals surface area contributed by atoms with E-state index < -0.39 is 36.5 Å². The van der Waals surface area contributed by atoms with Gasteiger partial charge in [0.2, 0.25) is 0 Å². The first-order valence-corrected chi connectivity index (χ1v) is 7.77. The monoisotopic (exact) mass is 351 g/mol. The summed E-state index contributed by atoms with van der Waals surface area (Å²) in [4.78, 5) is 36.2. The molecule has 1 fully saturated rings. The van der Waals surface area contributed by atoms with Crippen LogP contribution in [0.4, 0.5) is 4.79 Å². The number of carbonyl (C=O) groups excluding carboxylic acids is 3. The van der Waals surface area contributed by atoms with Crippen LogP contribution in [-0.2, 0) is 35.1 Å². The van der Waals surface area contributed by atoms with E-state index in [1.807, 2.05) is 30.3 Å². The summed E-state index contributed by atoms with van der Waals surface area (Å²) in [5.74, 6) is -1.11. The van der Waals surface area contributed by atoms with E-state index >= 15 is 0 Å². The molecule has 0 spiro atoms. The first kappa shape index (κ1) is 18.7. The Morgan fingerprint density at radius 1 is 1.08 bits per heavy atom. The fourth-order valence-corrected chi connectivity index (χ4v) is 2.65. The van der Waals surface area contributed by atoms with Gasteiger partial charge in [-0.2, -0.15) is 0 Å². The summed E-state index contributed by atoms with van der Waals surface area (Å²) in [6, 6.07) is 9.19. The smallest absolute Gasteiger partial charge is 0.412 e. The molecule has 136 valence electrons. The summed E-state index contributed by atoms with van der Waals surface area (Å²) in [6.07, 6.45) is -3.30. The van der Waals surface area contributed by atoms with Crippen molar-refractivity contribution in [1.29, 1.82) is 0 Å². The van der Waals surface area contributed by atoms with Gasteiger partial charge in [0, 0.05) is 21.0 Å². The Bertz CT molecular complexity index is 619. The van der Waals surface area contributed by atoms with Crippen molar-refractivity contribution in [1.82, 2.24) is 4.90 Å². The number of ether oxygens (including phenoxy) is 4. The highest BCUT2D eigenvalue weighted by molar-refractivity contribution is 5.70. The number of methoxy groups -OCH3 is 1. The van der Waals surface area contributed by atoms with Crippen LogP contribution in [0.3, 0.4) is 0 Å². The van der Waals surface area contributed by atoms with Crippen molar-refractivity contribution in [2.75, 3.05) is 13.7 Å². The van der Waals surface area contributed by atoms with Crippen LogP contribution >= 0.6 is 0 Å². The van der Waals surface area contributed by atoms with Gasteiger partial charge in [0.05, 0.1) is 6.54 Å². The molecule has 2 rings (SSSR count). The largest absolute Gasteiger partial charge is 0.456 e. The predicted octanol–water partition coefficient (Wildman–Crippen LogP) is 1.47. The molecule has 0 N–H and O–H groups in total. The first-order valence-electron chi connectivity index (χ1n) is 7.77.